The highest BCUT2D eigenvalue weighted by atomic mass is 35.5. The summed E-state index contributed by atoms with van der Waals surface area (Å²) in [5.74, 6) is -0.732. The molecule has 2 saturated heterocycles. The molecule has 5 atom stereocenters. The number of aliphatic hydroxyl groups is 1. The highest BCUT2D eigenvalue weighted by molar-refractivity contribution is 6.42. The summed E-state index contributed by atoms with van der Waals surface area (Å²) in [4.78, 5) is 0. The van der Waals surface area contributed by atoms with Gasteiger partial charge in [0.1, 0.15) is 18.3 Å². The van der Waals surface area contributed by atoms with E-state index < -0.39 is 30.4 Å². The maximum Gasteiger partial charge on any atom is 0.190 e. The van der Waals surface area contributed by atoms with Crippen LogP contribution in [-0.2, 0) is 25.6 Å². The number of fused-ring (bicyclic) bond motifs is 1. The lowest BCUT2D eigenvalue weighted by Crippen LogP contribution is -2.41. The van der Waals surface area contributed by atoms with Crippen LogP contribution in [0.5, 0.6) is 0 Å². The van der Waals surface area contributed by atoms with Gasteiger partial charge in [0.25, 0.3) is 0 Å². The van der Waals surface area contributed by atoms with Crippen LogP contribution in [0.1, 0.15) is 26.3 Å². The van der Waals surface area contributed by atoms with Crippen molar-refractivity contribution in [3.8, 4) is 0 Å². The summed E-state index contributed by atoms with van der Waals surface area (Å²) in [5, 5.41) is 10.9. The number of halogens is 2. The molecule has 1 N–H and O–H groups in total. The van der Waals surface area contributed by atoms with Gasteiger partial charge < -0.3 is 24.1 Å². The Morgan fingerprint density at radius 3 is 2.65 bits per heavy atom. The van der Waals surface area contributed by atoms with Crippen molar-refractivity contribution in [2.45, 2.75) is 63.9 Å². The van der Waals surface area contributed by atoms with E-state index in [0.29, 0.717) is 16.7 Å². The smallest absolute Gasteiger partial charge is 0.190 e. The SMILES string of the molecule is C[C@@H](O)[C@H]1O[C@@H]2OC(C)(C)O[C@@H]2[C@H]1OCc1ccc(Cl)c(Cl)c1. The van der Waals surface area contributed by atoms with Crippen LogP contribution in [0.4, 0.5) is 0 Å². The average molecular weight is 363 g/mol. The number of hydrogen-bond acceptors (Lipinski definition) is 5. The van der Waals surface area contributed by atoms with Crippen LogP contribution in [0, 0.1) is 0 Å². The summed E-state index contributed by atoms with van der Waals surface area (Å²) in [6, 6.07) is 5.32. The lowest BCUT2D eigenvalue weighted by Gasteiger charge is -2.27. The van der Waals surface area contributed by atoms with Crippen LogP contribution in [0.25, 0.3) is 0 Å². The van der Waals surface area contributed by atoms with Crippen LogP contribution >= 0.6 is 23.2 Å². The second-order valence-electron chi connectivity index (χ2n) is 6.33. The highest BCUT2D eigenvalue weighted by Gasteiger charge is 2.56. The monoisotopic (exact) mass is 362 g/mol. The minimum atomic E-state index is -0.732. The zero-order valence-corrected chi connectivity index (χ0v) is 14.7. The molecule has 7 heteroatoms. The van der Waals surface area contributed by atoms with Crippen LogP contribution in [0.3, 0.4) is 0 Å². The van der Waals surface area contributed by atoms with E-state index in [0.717, 1.165) is 5.56 Å². The molecule has 1 aromatic rings. The van der Waals surface area contributed by atoms with Crippen molar-refractivity contribution in [2.75, 3.05) is 0 Å². The molecule has 128 valence electrons. The molecule has 0 spiro atoms. The third kappa shape index (κ3) is 3.66. The first-order valence-corrected chi connectivity index (χ1v) is 8.27. The van der Waals surface area contributed by atoms with Crippen molar-refractivity contribution in [1.29, 1.82) is 0 Å². The maximum absolute atomic E-state index is 9.93. The zero-order chi connectivity index (χ0) is 16.8. The van der Waals surface area contributed by atoms with Crippen LogP contribution in [-0.4, -0.2) is 41.6 Å². The van der Waals surface area contributed by atoms with Gasteiger partial charge >= 0.3 is 0 Å². The third-order valence-corrected chi connectivity index (χ3v) is 4.67. The van der Waals surface area contributed by atoms with Gasteiger partial charge in [-0.2, -0.15) is 0 Å². The number of rotatable bonds is 4. The standard InChI is InChI=1S/C16H20Cl2O5/c1-8(19)12-13(14-15(21-12)23-16(2,3)22-14)20-7-9-4-5-10(17)11(18)6-9/h4-6,8,12-15,19H,7H2,1-3H3/t8-,12-,13+,14-,15-/m1/s1. The molecule has 3 rings (SSSR count). The van der Waals surface area contributed by atoms with E-state index in [1.54, 1.807) is 19.1 Å². The van der Waals surface area contributed by atoms with Gasteiger partial charge in [0.05, 0.1) is 22.8 Å². The van der Waals surface area contributed by atoms with E-state index in [4.69, 9.17) is 42.1 Å². The lowest BCUT2D eigenvalue weighted by molar-refractivity contribution is -0.229. The summed E-state index contributed by atoms with van der Waals surface area (Å²) in [7, 11) is 0. The molecule has 1 aromatic carbocycles. The summed E-state index contributed by atoms with van der Waals surface area (Å²) < 4.78 is 23.3. The predicted octanol–water partition coefficient (Wildman–Crippen LogP) is 3.14. The molecule has 0 saturated carbocycles. The van der Waals surface area contributed by atoms with Crippen molar-refractivity contribution in [2.24, 2.45) is 0 Å². The number of benzene rings is 1. The molecule has 2 fully saturated rings. The Labute approximate surface area is 145 Å². The fraction of sp³-hybridized carbons (Fsp3) is 0.625. The molecule has 0 amide bonds. The molecular formula is C16H20Cl2O5. The minimum absolute atomic E-state index is 0.307. The molecule has 23 heavy (non-hydrogen) atoms. The van der Waals surface area contributed by atoms with Crippen LogP contribution < -0.4 is 0 Å². The number of hydrogen-bond donors (Lipinski definition) is 1. The van der Waals surface area contributed by atoms with Gasteiger partial charge in [0.2, 0.25) is 0 Å². The molecule has 0 radical (unpaired) electrons. The van der Waals surface area contributed by atoms with Gasteiger partial charge in [-0.1, -0.05) is 29.3 Å². The maximum atomic E-state index is 9.93. The summed E-state index contributed by atoms with van der Waals surface area (Å²) in [6.45, 7) is 5.61. The fourth-order valence-corrected chi connectivity index (χ4v) is 3.22. The topological polar surface area (TPSA) is 57.2 Å². The molecule has 0 unspecified atom stereocenters. The van der Waals surface area contributed by atoms with Crippen molar-refractivity contribution in [3.05, 3.63) is 33.8 Å². The van der Waals surface area contributed by atoms with Crippen LogP contribution in [0.2, 0.25) is 10.0 Å². The Morgan fingerprint density at radius 2 is 2.00 bits per heavy atom. The largest absolute Gasteiger partial charge is 0.391 e. The van der Waals surface area contributed by atoms with E-state index in [1.807, 2.05) is 19.9 Å². The summed E-state index contributed by atoms with van der Waals surface area (Å²) >= 11 is 11.9. The Morgan fingerprint density at radius 1 is 1.26 bits per heavy atom. The summed E-state index contributed by atoms with van der Waals surface area (Å²) in [6.07, 6.45) is -2.56. The molecule has 0 aliphatic carbocycles. The Hall–Kier alpha value is -0.400. The van der Waals surface area contributed by atoms with E-state index >= 15 is 0 Å². The molecular weight excluding hydrogens is 343 g/mol. The first kappa shape index (κ1) is 17.4. The van der Waals surface area contributed by atoms with Crippen LogP contribution in [0.15, 0.2) is 18.2 Å². The first-order valence-electron chi connectivity index (χ1n) is 7.51. The predicted molar refractivity (Wildman–Crippen MR) is 85.4 cm³/mol. The molecule has 2 aliphatic heterocycles. The van der Waals surface area contributed by atoms with Gasteiger partial charge in [-0.3, -0.25) is 0 Å². The zero-order valence-electron chi connectivity index (χ0n) is 13.2. The number of aliphatic hydroxyl groups excluding tert-OH is 1. The van der Waals surface area contributed by atoms with E-state index in [9.17, 15) is 5.11 Å². The highest BCUT2D eigenvalue weighted by Crippen LogP contribution is 2.40. The average Bonchev–Trinajstić information content (AvgIpc) is 2.92. The quantitative estimate of drug-likeness (QED) is 0.891. The second kappa shape index (κ2) is 6.48. The molecule has 5 nitrogen and oxygen atoms in total. The second-order valence-corrected chi connectivity index (χ2v) is 7.15. The molecule has 0 bridgehead atoms. The van der Waals surface area contributed by atoms with Gasteiger partial charge in [0.15, 0.2) is 12.1 Å². The summed E-state index contributed by atoms with van der Waals surface area (Å²) in [5.41, 5.74) is 0.880. The number of ether oxygens (including phenoxy) is 4. The van der Waals surface area contributed by atoms with E-state index in [-0.39, 0.29) is 6.10 Å². The lowest BCUT2D eigenvalue weighted by atomic mass is 10.1. The first-order chi connectivity index (χ1) is 10.8. The van der Waals surface area contributed by atoms with Gasteiger partial charge in [-0.05, 0) is 38.5 Å². The fourth-order valence-electron chi connectivity index (χ4n) is 2.90. The van der Waals surface area contributed by atoms with Crippen molar-refractivity contribution in [3.63, 3.8) is 0 Å². The van der Waals surface area contributed by atoms with E-state index in [2.05, 4.69) is 0 Å². The van der Waals surface area contributed by atoms with Gasteiger partial charge in [0, 0.05) is 0 Å². The molecule has 2 aliphatic rings. The molecule has 2 heterocycles. The molecule has 0 aromatic heterocycles. The Balaban J connectivity index is 1.71. The Bertz CT molecular complexity index is 578. The van der Waals surface area contributed by atoms with Crippen molar-refractivity contribution < 1.29 is 24.1 Å². The van der Waals surface area contributed by atoms with Gasteiger partial charge in [-0.25, -0.2) is 0 Å². The van der Waals surface area contributed by atoms with Crippen molar-refractivity contribution in [1.82, 2.24) is 0 Å². The Kier molecular flexibility index (Phi) is 4.91. The van der Waals surface area contributed by atoms with E-state index in [1.165, 1.54) is 0 Å². The normalized spacial score (nSPS) is 33.7. The van der Waals surface area contributed by atoms with Gasteiger partial charge in [-0.15, -0.1) is 0 Å². The van der Waals surface area contributed by atoms with Crippen molar-refractivity contribution >= 4 is 23.2 Å². The minimum Gasteiger partial charge on any atom is -0.391 e. The third-order valence-electron chi connectivity index (χ3n) is 3.93.